The second-order valence-electron chi connectivity index (χ2n) is 7.76. The zero-order chi connectivity index (χ0) is 14.8. The van der Waals surface area contributed by atoms with Crippen molar-refractivity contribution in [3.63, 3.8) is 0 Å². The van der Waals surface area contributed by atoms with Gasteiger partial charge in [-0.05, 0) is 30.6 Å². The molecule has 4 heteroatoms. The molecule has 0 aromatic carbocycles. The van der Waals surface area contributed by atoms with Crippen LogP contribution < -0.4 is 5.32 Å². The van der Waals surface area contributed by atoms with E-state index in [0.717, 1.165) is 38.5 Å². The maximum absolute atomic E-state index is 11.9. The molecular weight excluding hydrogens is 252 g/mol. The molecule has 2 fully saturated rings. The lowest BCUT2D eigenvalue weighted by atomic mass is 9.91. The van der Waals surface area contributed by atoms with E-state index < -0.39 is 0 Å². The Morgan fingerprint density at radius 2 is 2.00 bits per heavy atom. The van der Waals surface area contributed by atoms with E-state index in [0.29, 0.717) is 6.04 Å². The van der Waals surface area contributed by atoms with Crippen LogP contribution >= 0.6 is 0 Å². The second-order valence-corrected chi connectivity index (χ2v) is 7.76. The molecule has 0 aromatic heterocycles. The van der Waals surface area contributed by atoms with Crippen molar-refractivity contribution in [2.45, 2.75) is 46.1 Å². The molecule has 0 aromatic rings. The first-order chi connectivity index (χ1) is 9.37. The third kappa shape index (κ3) is 5.06. The van der Waals surface area contributed by atoms with Crippen LogP contribution in [0.5, 0.6) is 0 Å². The van der Waals surface area contributed by atoms with Crippen LogP contribution in [0, 0.1) is 17.3 Å². The molecule has 2 unspecified atom stereocenters. The van der Waals surface area contributed by atoms with Gasteiger partial charge in [0.2, 0.25) is 0 Å². The summed E-state index contributed by atoms with van der Waals surface area (Å²) in [5, 5.41) is 3.64. The van der Waals surface area contributed by atoms with Crippen LogP contribution in [0.1, 0.15) is 40.0 Å². The van der Waals surface area contributed by atoms with Crippen LogP contribution in [-0.2, 0) is 9.53 Å². The summed E-state index contributed by atoms with van der Waals surface area (Å²) in [6, 6.07) is 0.408. The standard InChI is InChI=1S/C16H30N2O2/c1-16(2,3)11-17-14-7-13(15(19)20-4)9-18(10-14)8-12-5-6-12/h12-14,17H,5-11H2,1-4H3. The van der Waals surface area contributed by atoms with E-state index in [2.05, 4.69) is 31.0 Å². The van der Waals surface area contributed by atoms with Crippen molar-refractivity contribution in [1.29, 1.82) is 0 Å². The average molecular weight is 282 g/mol. The molecule has 1 heterocycles. The van der Waals surface area contributed by atoms with Gasteiger partial charge >= 0.3 is 5.97 Å². The van der Waals surface area contributed by atoms with E-state index in [1.54, 1.807) is 0 Å². The van der Waals surface area contributed by atoms with Crippen molar-refractivity contribution in [1.82, 2.24) is 10.2 Å². The minimum Gasteiger partial charge on any atom is -0.469 e. The monoisotopic (exact) mass is 282 g/mol. The van der Waals surface area contributed by atoms with Gasteiger partial charge < -0.3 is 15.0 Å². The number of hydrogen-bond donors (Lipinski definition) is 1. The zero-order valence-corrected chi connectivity index (χ0v) is 13.4. The zero-order valence-electron chi connectivity index (χ0n) is 13.4. The number of nitrogens with zero attached hydrogens (tertiary/aromatic N) is 1. The average Bonchev–Trinajstić information content (AvgIpc) is 3.18. The predicted octanol–water partition coefficient (Wildman–Crippen LogP) is 1.90. The van der Waals surface area contributed by atoms with Gasteiger partial charge in [-0.15, -0.1) is 0 Å². The minimum absolute atomic E-state index is 0.0324. The molecule has 1 saturated heterocycles. The summed E-state index contributed by atoms with van der Waals surface area (Å²) in [6.45, 7) is 10.8. The Labute approximate surface area is 123 Å². The van der Waals surface area contributed by atoms with E-state index >= 15 is 0 Å². The molecule has 4 nitrogen and oxygen atoms in total. The first-order valence-electron chi connectivity index (χ1n) is 7.91. The molecule has 1 aliphatic heterocycles. The Morgan fingerprint density at radius 1 is 1.30 bits per heavy atom. The molecule has 116 valence electrons. The number of rotatable bonds is 5. The van der Waals surface area contributed by atoms with Crippen LogP contribution in [-0.4, -0.2) is 50.2 Å². The highest BCUT2D eigenvalue weighted by atomic mass is 16.5. The summed E-state index contributed by atoms with van der Waals surface area (Å²) >= 11 is 0. The summed E-state index contributed by atoms with van der Waals surface area (Å²) in [5.41, 5.74) is 0.277. The van der Waals surface area contributed by atoms with Crippen LogP contribution in [0.2, 0.25) is 0 Å². The van der Waals surface area contributed by atoms with Crippen LogP contribution in [0.15, 0.2) is 0 Å². The van der Waals surface area contributed by atoms with Crippen LogP contribution in [0.25, 0.3) is 0 Å². The van der Waals surface area contributed by atoms with Crippen LogP contribution in [0.3, 0.4) is 0 Å². The van der Waals surface area contributed by atoms with E-state index in [4.69, 9.17) is 4.74 Å². The highest BCUT2D eigenvalue weighted by Crippen LogP contribution is 2.31. The number of ether oxygens (including phenoxy) is 1. The smallest absolute Gasteiger partial charge is 0.310 e. The van der Waals surface area contributed by atoms with Crippen molar-refractivity contribution in [3.8, 4) is 0 Å². The summed E-state index contributed by atoms with van der Waals surface area (Å²) < 4.78 is 4.96. The SMILES string of the molecule is COC(=O)C1CC(NCC(C)(C)C)CN(CC2CC2)C1. The molecule has 2 rings (SSSR count). The fourth-order valence-electron chi connectivity index (χ4n) is 2.94. The lowest BCUT2D eigenvalue weighted by Gasteiger charge is -2.38. The number of nitrogens with one attached hydrogen (secondary N) is 1. The predicted molar refractivity (Wildman–Crippen MR) is 80.5 cm³/mol. The molecule has 1 saturated carbocycles. The van der Waals surface area contributed by atoms with Crippen molar-refractivity contribution < 1.29 is 9.53 Å². The molecule has 1 aliphatic carbocycles. The normalized spacial score (nSPS) is 28.4. The highest BCUT2D eigenvalue weighted by Gasteiger charge is 2.35. The number of esters is 1. The minimum atomic E-state index is -0.0481. The third-order valence-electron chi connectivity index (χ3n) is 4.20. The van der Waals surface area contributed by atoms with Crippen molar-refractivity contribution in [2.24, 2.45) is 17.3 Å². The van der Waals surface area contributed by atoms with E-state index in [1.807, 2.05) is 0 Å². The first-order valence-corrected chi connectivity index (χ1v) is 7.91. The molecule has 0 spiro atoms. The summed E-state index contributed by atoms with van der Waals surface area (Å²) in [7, 11) is 1.50. The Kier molecular flexibility index (Phi) is 5.08. The van der Waals surface area contributed by atoms with Gasteiger partial charge in [-0.1, -0.05) is 20.8 Å². The number of carbonyl (C=O) groups excluding carboxylic acids is 1. The fraction of sp³-hybridized carbons (Fsp3) is 0.938. The largest absolute Gasteiger partial charge is 0.469 e. The molecule has 2 atom stereocenters. The molecule has 1 N–H and O–H groups in total. The van der Waals surface area contributed by atoms with E-state index in [1.165, 1.54) is 20.0 Å². The molecule has 0 amide bonds. The summed E-state index contributed by atoms with van der Waals surface area (Å²) in [5.74, 6) is 0.854. The van der Waals surface area contributed by atoms with Gasteiger partial charge in [-0.25, -0.2) is 0 Å². The Bertz CT molecular complexity index is 334. The van der Waals surface area contributed by atoms with E-state index in [9.17, 15) is 4.79 Å². The number of carbonyl (C=O) groups is 1. The molecule has 0 radical (unpaired) electrons. The Hall–Kier alpha value is -0.610. The molecule has 0 bridgehead atoms. The van der Waals surface area contributed by atoms with Crippen molar-refractivity contribution in [2.75, 3.05) is 33.3 Å². The number of piperidine rings is 1. The van der Waals surface area contributed by atoms with Gasteiger partial charge in [-0.3, -0.25) is 4.79 Å². The summed E-state index contributed by atoms with van der Waals surface area (Å²) in [6.07, 6.45) is 3.63. The number of hydrogen-bond acceptors (Lipinski definition) is 4. The summed E-state index contributed by atoms with van der Waals surface area (Å²) in [4.78, 5) is 14.3. The van der Waals surface area contributed by atoms with Gasteiger partial charge in [0.1, 0.15) is 0 Å². The number of methoxy groups -OCH3 is 1. The van der Waals surface area contributed by atoms with Crippen molar-refractivity contribution >= 4 is 5.97 Å². The second kappa shape index (κ2) is 6.44. The Balaban J connectivity index is 1.90. The fourth-order valence-corrected chi connectivity index (χ4v) is 2.94. The molecular formula is C16H30N2O2. The third-order valence-corrected chi connectivity index (χ3v) is 4.20. The van der Waals surface area contributed by atoms with Gasteiger partial charge in [-0.2, -0.15) is 0 Å². The van der Waals surface area contributed by atoms with Gasteiger partial charge in [0.15, 0.2) is 0 Å². The van der Waals surface area contributed by atoms with E-state index in [-0.39, 0.29) is 17.3 Å². The quantitative estimate of drug-likeness (QED) is 0.782. The maximum atomic E-state index is 11.9. The number of likely N-dealkylation sites (tertiary alicyclic amines) is 1. The molecule has 20 heavy (non-hydrogen) atoms. The van der Waals surface area contributed by atoms with Gasteiger partial charge in [0.25, 0.3) is 0 Å². The maximum Gasteiger partial charge on any atom is 0.310 e. The lowest BCUT2D eigenvalue weighted by molar-refractivity contribution is -0.147. The first kappa shape index (κ1) is 15.8. The van der Waals surface area contributed by atoms with Crippen molar-refractivity contribution in [3.05, 3.63) is 0 Å². The Morgan fingerprint density at radius 3 is 2.55 bits per heavy atom. The lowest BCUT2D eigenvalue weighted by Crippen LogP contribution is -2.52. The van der Waals surface area contributed by atoms with Crippen LogP contribution in [0.4, 0.5) is 0 Å². The van der Waals surface area contributed by atoms with Gasteiger partial charge in [0, 0.05) is 32.2 Å². The topological polar surface area (TPSA) is 41.6 Å². The highest BCUT2D eigenvalue weighted by molar-refractivity contribution is 5.72. The molecule has 2 aliphatic rings. The van der Waals surface area contributed by atoms with Gasteiger partial charge in [0.05, 0.1) is 13.0 Å².